The van der Waals surface area contributed by atoms with Crippen LogP contribution < -0.4 is 0 Å². The van der Waals surface area contributed by atoms with Gasteiger partial charge in [0.25, 0.3) is 0 Å². The summed E-state index contributed by atoms with van der Waals surface area (Å²) in [7, 11) is -3.11. The minimum absolute atomic E-state index is 0.114. The normalized spacial score (nSPS) is 13.8. The van der Waals surface area contributed by atoms with Crippen molar-refractivity contribution in [3.63, 3.8) is 0 Å². The minimum Gasteiger partial charge on any atom is -0.393 e. The van der Waals surface area contributed by atoms with Crippen LogP contribution in [0.2, 0.25) is 0 Å². The Bertz CT molecular complexity index is 404. The van der Waals surface area contributed by atoms with Crippen molar-refractivity contribution in [2.45, 2.75) is 31.3 Å². The molecule has 1 rings (SSSR count). The highest BCUT2D eigenvalue weighted by Crippen LogP contribution is 2.13. The Morgan fingerprint density at radius 2 is 1.80 bits per heavy atom. The van der Waals surface area contributed by atoms with Crippen molar-refractivity contribution in [2.24, 2.45) is 0 Å². The summed E-state index contributed by atoms with van der Waals surface area (Å²) in [6.45, 7) is 3.33. The molecule has 1 atom stereocenters. The molecule has 84 valence electrons. The van der Waals surface area contributed by atoms with Gasteiger partial charge in [-0.25, -0.2) is 8.42 Å². The number of aliphatic hydroxyl groups is 1. The van der Waals surface area contributed by atoms with E-state index in [0.29, 0.717) is 11.3 Å². The van der Waals surface area contributed by atoms with Crippen LogP contribution in [-0.4, -0.2) is 25.4 Å². The topological polar surface area (TPSA) is 54.4 Å². The van der Waals surface area contributed by atoms with E-state index >= 15 is 0 Å². The minimum atomic E-state index is -3.11. The SMILES string of the molecule is CCS(=O)(=O)c1ccc(C[C@@H](C)O)cc1. The summed E-state index contributed by atoms with van der Waals surface area (Å²) in [5.74, 6) is 0.114. The Morgan fingerprint density at radius 1 is 1.27 bits per heavy atom. The lowest BCUT2D eigenvalue weighted by Crippen LogP contribution is -2.06. The number of rotatable bonds is 4. The average Bonchev–Trinajstić information content (AvgIpc) is 2.18. The van der Waals surface area contributed by atoms with E-state index in [2.05, 4.69) is 0 Å². The second-order valence-electron chi connectivity index (χ2n) is 3.60. The highest BCUT2D eigenvalue weighted by molar-refractivity contribution is 7.91. The van der Waals surface area contributed by atoms with Crippen molar-refractivity contribution in [1.29, 1.82) is 0 Å². The van der Waals surface area contributed by atoms with Crippen LogP contribution in [0.1, 0.15) is 19.4 Å². The number of hydrogen-bond acceptors (Lipinski definition) is 3. The first kappa shape index (κ1) is 12.2. The molecule has 0 aliphatic carbocycles. The number of aliphatic hydroxyl groups excluding tert-OH is 1. The van der Waals surface area contributed by atoms with Crippen molar-refractivity contribution in [3.8, 4) is 0 Å². The van der Waals surface area contributed by atoms with Gasteiger partial charge in [0, 0.05) is 0 Å². The molecule has 0 heterocycles. The van der Waals surface area contributed by atoms with Crippen molar-refractivity contribution >= 4 is 9.84 Å². The van der Waals surface area contributed by atoms with Crippen LogP contribution in [0.5, 0.6) is 0 Å². The van der Waals surface area contributed by atoms with Crippen molar-refractivity contribution < 1.29 is 13.5 Å². The zero-order chi connectivity index (χ0) is 11.5. The summed E-state index contributed by atoms with van der Waals surface area (Å²) in [6, 6.07) is 6.68. The summed E-state index contributed by atoms with van der Waals surface area (Å²) >= 11 is 0. The molecule has 1 aromatic carbocycles. The zero-order valence-electron chi connectivity index (χ0n) is 8.97. The molecule has 0 saturated carbocycles. The first-order chi connectivity index (χ1) is 6.95. The number of benzene rings is 1. The molecule has 3 nitrogen and oxygen atoms in total. The van der Waals surface area contributed by atoms with Crippen molar-refractivity contribution in [1.82, 2.24) is 0 Å². The first-order valence-corrected chi connectivity index (χ1v) is 6.60. The quantitative estimate of drug-likeness (QED) is 0.847. The molecule has 0 aromatic heterocycles. The van der Waals surface area contributed by atoms with Gasteiger partial charge in [0.2, 0.25) is 0 Å². The van der Waals surface area contributed by atoms with Crippen molar-refractivity contribution in [2.75, 3.05) is 5.75 Å². The van der Waals surface area contributed by atoms with Crippen LogP contribution in [0, 0.1) is 0 Å². The molecule has 4 heteroatoms. The smallest absolute Gasteiger partial charge is 0.178 e. The van der Waals surface area contributed by atoms with Crippen LogP contribution >= 0.6 is 0 Å². The van der Waals surface area contributed by atoms with Gasteiger partial charge < -0.3 is 5.11 Å². The maximum atomic E-state index is 11.5. The van der Waals surface area contributed by atoms with Gasteiger partial charge in [-0.2, -0.15) is 0 Å². The summed E-state index contributed by atoms with van der Waals surface area (Å²) in [5.41, 5.74) is 0.944. The summed E-state index contributed by atoms with van der Waals surface area (Å²) in [4.78, 5) is 0.347. The van der Waals surface area contributed by atoms with Gasteiger partial charge in [-0.1, -0.05) is 19.1 Å². The Morgan fingerprint density at radius 3 is 2.20 bits per heavy atom. The summed E-state index contributed by atoms with van der Waals surface area (Å²) < 4.78 is 23.0. The molecule has 0 amide bonds. The fourth-order valence-electron chi connectivity index (χ4n) is 1.34. The monoisotopic (exact) mass is 228 g/mol. The van der Waals surface area contributed by atoms with Gasteiger partial charge in [-0.05, 0) is 31.0 Å². The van der Waals surface area contributed by atoms with E-state index in [-0.39, 0.29) is 5.75 Å². The lowest BCUT2D eigenvalue weighted by molar-refractivity contribution is 0.195. The van der Waals surface area contributed by atoms with Gasteiger partial charge in [0.05, 0.1) is 16.8 Å². The molecule has 0 radical (unpaired) electrons. The predicted octanol–water partition coefficient (Wildman–Crippen LogP) is 1.40. The molecule has 0 fully saturated rings. The summed E-state index contributed by atoms with van der Waals surface area (Å²) in [5, 5.41) is 9.16. The highest BCUT2D eigenvalue weighted by Gasteiger charge is 2.10. The van der Waals surface area contributed by atoms with E-state index in [1.165, 1.54) is 0 Å². The maximum Gasteiger partial charge on any atom is 0.178 e. The first-order valence-electron chi connectivity index (χ1n) is 4.95. The van der Waals surface area contributed by atoms with Crippen LogP contribution in [-0.2, 0) is 16.3 Å². The molecule has 0 aliphatic heterocycles. The lowest BCUT2D eigenvalue weighted by Gasteiger charge is -2.05. The third-order valence-electron chi connectivity index (χ3n) is 2.19. The second kappa shape index (κ2) is 4.77. The van der Waals surface area contributed by atoms with Gasteiger partial charge in [0.15, 0.2) is 9.84 Å². The number of hydrogen-bond donors (Lipinski definition) is 1. The van der Waals surface area contributed by atoms with Crippen molar-refractivity contribution in [3.05, 3.63) is 29.8 Å². The molecule has 15 heavy (non-hydrogen) atoms. The van der Waals surface area contributed by atoms with E-state index in [0.717, 1.165) is 5.56 Å². The van der Waals surface area contributed by atoms with E-state index in [1.807, 2.05) is 0 Å². The molecule has 0 spiro atoms. The second-order valence-corrected chi connectivity index (χ2v) is 5.88. The maximum absolute atomic E-state index is 11.5. The van der Waals surface area contributed by atoms with Crippen LogP contribution in [0.25, 0.3) is 0 Å². The highest BCUT2D eigenvalue weighted by atomic mass is 32.2. The molecular weight excluding hydrogens is 212 g/mol. The summed E-state index contributed by atoms with van der Waals surface area (Å²) in [6.07, 6.45) is 0.144. The predicted molar refractivity (Wildman–Crippen MR) is 59.6 cm³/mol. The fourth-order valence-corrected chi connectivity index (χ4v) is 2.22. The van der Waals surface area contributed by atoms with Gasteiger partial charge in [-0.3, -0.25) is 0 Å². The van der Waals surface area contributed by atoms with Crippen LogP contribution in [0.3, 0.4) is 0 Å². The van der Waals surface area contributed by atoms with Gasteiger partial charge in [0.1, 0.15) is 0 Å². The van der Waals surface area contributed by atoms with E-state index in [1.54, 1.807) is 38.1 Å². The Kier molecular flexibility index (Phi) is 3.88. The van der Waals surface area contributed by atoms with Crippen LogP contribution in [0.4, 0.5) is 0 Å². The molecule has 0 saturated heterocycles. The standard InChI is InChI=1S/C11H16O3S/c1-3-15(13,14)11-6-4-10(5-7-11)8-9(2)12/h4-7,9,12H,3,8H2,1-2H3/t9-/m1/s1. The average molecular weight is 228 g/mol. The van der Waals surface area contributed by atoms with E-state index in [4.69, 9.17) is 5.11 Å². The molecule has 0 aliphatic rings. The molecule has 0 unspecified atom stereocenters. The molecule has 0 bridgehead atoms. The Labute approximate surface area is 90.7 Å². The van der Waals surface area contributed by atoms with E-state index in [9.17, 15) is 8.42 Å². The third-order valence-corrected chi connectivity index (χ3v) is 3.94. The largest absolute Gasteiger partial charge is 0.393 e. The molecular formula is C11H16O3S. The van der Waals surface area contributed by atoms with E-state index < -0.39 is 15.9 Å². The van der Waals surface area contributed by atoms with Crippen LogP contribution in [0.15, 0.2) is 29.2 Å². The lowest BCUT2D eigenvalue weighted by atomic mass is 10.1. The zero-order valence-corrected chi connectivity index (χ0v) is 9.79. The molecule has 1 aromatic rings. The Balaban J connectivity index is 2.91. The van der Waals surface area contributed by atoms with Gasteiger partial charge >= 0.3 is 0 Å². The third kappa shape index (κ3) is 3.32. The van der Waals surface area contributed by atoms with Gasteiger partial charge in [-0.15, -0.1) is 0 Å². The molecule has 1 N–H and O–H groups in total. The number of sulfone groups is 1. The fraction of sp³-hybridized carbons (Fsp3) is 0.455. The Hall–Kier alpha value is -0.870.